The zero-order valence-electron chi connectivity index (χ0n) is 13.4. The quantitative estimate of drug-likeness (QED) is 0.792. The number of ether oxygens (including phenoxy) is 1. The van der Waals surface area contributed by atoms with Crippen molar-refractivity contribution in [3.05, 3.63) is 28.8 Å². The first-order valence-electron chi connectivity index (χ1n) is 7.27. The van der Waals surface area contributed by atoms with Crippen LogP contribution in [-0.4, -0.2) is 18.7 Å². The summed E-state index contributed by atoms with van der Waals surface area (Å²) in [6, 6.07) is 4.18. The Morgan fingerprint density at radius 2 is 1.70 bits per heavy atom. The van der Waals surface area contributed by atoms with Crippen LogP contribution in [0.3, 0.4) is 0 Å². The molecule has 1 saturated carbocycles. The molecule has 3 heteroatoms. The van der Waals surface area contributed by atoms with Crippen molar-refractivity contribution in [2.24, 2.45) is 0 Å². The van der Waals surface area contributed by atoms with E-state index >= 15 is 0 Å². The fourth-order valence-corrected chi connectivity index (χ4v) is 2.60. The van der Waals surface area contributed by atoms with E-state index in [0.717, 1.165) is 11.6 Å². The van der Waals surface area contributed by atoms with Gasteiger partial charge in [-0.3, -0.25) is 4.90 Å². The summed E-state index contributed by atoms with van der Waals surface area (Å²) >= 11 is 0. The molecule has 1 amide bonds. The lowest BCUT2D eigenvalue weighted by Crippen LogP contribution is -2.34. The minimum absolute atomic E-state index is 0.310. The molecule has 1 aliphatic rings. The molecule has 0 radical (unpaired) electrons. The standard InChI is InChI=1S/C17H25NO2/c1-11-9-14(10-12(2)15(11)13-7-8-13)18(6)16(19)20-17(3,4)5/h9-10,13H,7-8H2,1-6H3. The third-order valence-corrected chi connectivity index (χ3v) is 3.62. The molecule has 0 atom stereocenters. The highest BCUT2D eigenvalue weighted by Gasteiger charge is 2.28. The normalized spacial score (nSPS) is 15.1. The number of rotatable bonds is 2. The highest BCUT2D eigenvalue weighted by molar-refractivity contribution is 5.87. The number of hydrogen-bond acceptors (Lipinski definition) is 2. The third kappa shape index (κ3) is 3.33. The molecule has 0 N–H and O–H groups in total. The lowest BCUT2D eigenvalue weighted by molar-refractivity contribution is 0.0589. The van der Waals surface area contributed by atoms with Gasteiger partial charge in [-0.15, -0.1) is 0 Å². The largest absolute Gasteiger partial charge is 0.443 e. The van der Waals surface area contributed by atoms with Crippen LogP contribution in [0.25, 0.3) is 0 Å². The Bertz CT molecular complexity index is 501. The van der Waals surface area contributed by atoms with Crippen LogP contribution in [0.5, 0.6) is 0 Å². The molecule has 3 nitrogen and oxygen atoms in total. The minimum atomic E-state index is -0.469. The van der Waals surface area contributed by atoms with Crippen molar-refractivity contribution in [2.45, 2.75) is 59.0 Å². The second-order valence-corrected chi connectivity index (χ2v) is 6.81. The maximum atomic E-state index is 12.1. The van der Waals surface area contributed by atoms with Crippen LogP contribution < -0.4 is 4.90 Å². The van der Waals surface area contributed by atoms with E-state index in [1.54, 1.807) is 11.9 Å². The van der Waals surface area contributed by atoms with Crippen molar-refractivity contribution < 1.29 is 9.53 Å². The summed E-state index contributed by atoms with van der Waals surface area (Å²) in [4.78, 5) is 13.7. The highest BCUT2D eigenvalue weighted by atomic mass is 16.6. The Kier molecular flexibility index (Phi) is 3.81. The molecule has 1 aliphatic carbocycles. The van der Waals surface area contributed by atoms with Gasteiger partial charge >= 0.3 is 6.09 Å². The minimum Gasteiger partial charge on any atom is -0.443 e. The first-order chi connectivity index (χ1) is 9.19. The topological polar surface area (TPSA) is 29.5 Å². The first-order valence-corrected chi connectivity index (χ1v) is 7.27. The first kappa shape index (κ1) is 14.9. The van der Waals surface area contributed by atoms with Gasteiger partial charge in [-0.05, 0) is 82.2 Å². The molecule has 110 valence electrons. The molecule has 0 heterocycles. The van der Waals surface area contributed by atoms with E-state index in [0.29, 0.717) is 0 Å². The Labute approximate surface area is 121 Å². The van der Waals surface area contributed by atoms with Crippen LogP contribution >= 0.6 is 0 Å². The Hall–Kier alpha value is -1.51. The number of nitrogens with zero attached hydrogens (tertiary/aromatic N) is 1. The molecule has 0 unspecified atom stereocenters. The van der Waals surface area contributed by atoms with Crippen LogP contribution in [0.2, 0.25) is 0 Å². The van der Waals surface area contributed by atoms with Gasteiger partial charge in [-0.1, -0.05) is 0 Å². The van der Waals surface area contributed by atoms with Gasteiger partial charge in [0, 0.05) is 12.7 Å². The average Bonchev–Trinajstić information content (AvgIpc) is 3.08. The van der Waals surface area contributed by atoms with Gasteiger partial charge in [0.2, 0.25) is 0 Å². The summed E-state index contributed by atoms with van der Waals surface area (Å²) in [6.07, 6.45) is 2.28. The molecular weight excluding hydrogens is 250 g/mol. The Morgan fingerprint density at radius 3 is 2.10 bits per heavy atom. The molecule has 1 aromatic rings. The molecule has 0 saturated heterocycles. The van der Waals surface area contributed by atoms with Gasteiger partial charge < -0.3 is 4.74 Å². The summed E-state index contributed by atoms with van der Waals surface area (Å²) < 4.78 is 5.41. The summed E-state index contributed by atoms with van der Waals surface area (Å²) in [6.45, 7) is 9.91. The number of benzene rings is 1. The van der Waals surface area contributed by atoms with Gasteiger partial charge in [0.25, 0.3) is 0 Å². The Balaban J connectivity index is 2.22. The van der Waals surface area contributed by atoms with E-state index in [9.17, 15) is 4.79 Å². The van der Waals surface area contributed by atoms with E-state index in [1.165, 1.54) is 29.5 Å². The molecule has 2 rings (SSSR count). The predicted molar refractivity (Wildman–Crippen MR) is 82.5 cm³/mol. The van der Waals surface area contributed by atoms with Crippen LogP contribution in [-0.2, 0) is 4.74 Å². The number of anilines is 1. The average molecular weight is 275 g/mol. The van der Waals surface area contributed by atoms with E-state index < -0.39 is 5.60 Å². The second-order valence-electron chi connectivity index (χ2n) is 6.81. The van der Waals surface area contributed by atoms with Crippen LogP contribution in [0.1, 0.15) is 56.2 Å². The number of carbonyl (C=O) groups excluding carboxylic acids is 1. The van der Waals surface area contributed by atoms with Crippen molar-refractivity contribution in [2.75, 3.05) is 11.9 Å². The molecule has 1 fully saturated rings. The molecule has 1 aromatic carbocycles. The van der Waals surface area contributed by atoms with E-state index in [1.807, 2.05) is 20.8 Å². The smallest absolute Gasteiger partial charge is 0.414 e. The van der Waals surface area contributed by atoms with Crippen molar-refractivity contribution in [3.8, 4) is 0 Å². The third-order valence-electron chi connectivity index (χ3n) is 3.62. The summed E-state index contributed by atoms with van der Waals surface area (Å²) in [7, 11) is 1.76. The molecule has 0 bridgehead atoms. The molecule has 0 spiro atoms. The molecule has 20 heavy (non-hydrogen) atoms. The van der Waals surface area contributed by atoms with E-state index in [2.05, 4.69) is 26.0 Å². The predicted octanol–water partition coefficient (Wildman–Crippen LogP) is 4.55. The lowest BCUT2D eigenvalue weighted by atomic mass is 9.97. The van der Waals surface area contributed by atoms with Gasteiger partial charge in [-0.2, -0.15) is 0 Å². The fourth-order valence-electron chi connectivity index (χ4n) is 2.60. The zero-order valence-corrected chi connectivity index (χ0v) is 13.4. The Morgan fingerprint density at radius 1 is 1.20 bits per heavy atom. The summed E-state index contributed by atoms with van der Waals surface area (Å²) in [5, 5.41) is 0. The summed E-state index contributed by atoms with van der Waals surface area (Å²) in [5.74, 6) is 0.732. The van der Waals surface area contributed by atoms with Gasteiger partial charge in [0.1, 0.15) is 5.60 Å². The van der Waals surface area contributed by atoms with Gasteiger partial charge in [0.15, 0.2) is 0 Å². The van der Waals surface area contributed by atoms with E-state index in [4.69, 9.17) is 4.74 Å². The van der Waals surface area contributed by atoms with Gasteiger partial charge in [-0.25, -0.2) is 4.79 Å². The number of aryl methyl sites for hydroxylation is 2. The molecule has 0 aromatic heterocycles. The number of hydrogen-bond donors (Lipinski definition) is 0. The number of carbonyl (C=O) groups is 1. The molecular formula is C17H25NO2. The maximum absolute atomic E-state index is 12.1. The summed E-state index contributed by atoms with van der Waals surface area (Å²) in [5.41, 5.74) is 4.45. The SMILES string of the molecule is Cc1cc(N(C)C(=O)OC(C)(C)C)cc(C)c1C1CC1. The second kappa shape index (κ2) is 5.12. The maximum Gasteiger partial charge on any atom is 0.414 e. The zero-order chi connectivity index (χ0) is 15.1. The van der Waals surface area contributed by atoms with Crippen molar-refractivity contribution >= 4 is 11.8 Å². The van der Waals surface area contributed by atoms with Crippen LogP contribution in [0.4, 0.5) is 10.5 Å². The van der Waals surface area contributed by atoms with Crippen LogP contribution in [0, 0.1) is 13.8 Å². The van der Waals surface area contributed by atoms with Crippen LogP contribution in [0.15, 0.2) is 12.1 Å². The lowest BCUT2D eigenvalue weighted by Gasteiger charge is -2.25. The van der Waals surface area contributed by atoms with E-state index in [-0.39, 0.29) is 6.09 Å². The van der Waals surface area contributed by atoms with Crippen molar-refractivity contribution in [3.63, 3.8) is 0 Å². The highest BCUT2D eigenvalue weighted by Crippen LogP contribution is 2.44. The van der Waals surface area contributed by atoms with Crippen molar-refractivity contribution in [1.82, 2.24) is 0 Å². The van der Waals surface area contributed by atoms with Crippen molar-refractivity contribution in [1.29, 1.82) is 0 Å². The fraction of sp³-hybridized carbons (Fsp3) is 0.588. The number of amides is 1. The molecule has 0 aliphatic heterocycles. The monoisotopic (exact) mass is 275 g/mol. The van der Waals surface area contributed by atoms with Gasteiger partial charge in [0.05, 0.1) is 0 Å².